The molecule has 0 aliphatic rings. The normalized spacial score (nSPS) is 11.4. The molecule has 0 saturated heterocycles. The third-order valence-electron chi connectivity index (χ3n) is 2.94. The predicted octanol–water partition coefficient (Wildman–Crippen LogP) is 2.57. The summed E-state index contributed by atoms with van der Waals surface area (Å²) in [4.78, 5) is 11.9. The van der Waals surface area contributed by atoms with Crippen molar-refractivity contribution in [3.05, 3.63) is 28.8 Å². The molecule has 0 atom stereocenters. The molecule has 0 aromatic heterocycles. The molecule has 0 aliphatic carbocycles. The average Bonchev–Trinajstić information content (AvgIpc) is 2.34. The highest BCUT2D eigenvalue weighted by Gasteiger charge is 2.19. The van der Waals surface area contributed by atoms with Crippen LogP contribution in [0.5, 0.6) is 5.75 Å². The molecule has 0 fully saturated rings. The number of aliphatic hydroxyl groups excluding tert-OH is 1. The van der Waals surface area contributed by atoms with Gasteiger partial charge in [0.05, 0.1) is 5.56 Å². The number of phenols is 1. The van der Waals surface area contributed by atoms with Crippen LogP contribution in [0.1, 0.15) is 37.0 Å². The molecule has 1 aromatic carbocycles. The van der Waals surface area contributed by atoms with Crippen LogP contribution >= 0.6 is 11.6 Å². The van der Waals surface area contributed by atoms with E-state index < -0.39 is 0 Å². The number of phenolic OH excluding ortho intramolecular Hbond substituents is 1. The van der Waals surface area contributed by atoms with Crippen molar-refractivity contribution in [2.45, 2.75) is 26.7 Å². The van der Waals surface area contributed by atoms with Crippen LogP contribution in [-0.2, 0) is 0 Å². The van der Waals surface area contributed by atoms with Crippen molar-refractivity contribution in [3.8, 4) is 5.75 Å². The van der Waals surface area contributed by atoms with Crippen LogP contribution in [0.4, 0.5) is 0 Å². The minimum atomic E-state index is -0.328. The molecule has 19 heavy (non-hydrogen) atoms. The summed E-state index contributed by atoms with van der Waals surface area (Å²) < 4.78 is 0. The number of hydrogen-bond donors (Lipinski definition) is 3. The van der Waals surface area contributed by atoms with E-state index in [1.807, 2.05) is 13.8 Å². The lowest BCUT2D eigenvalue weighted by Gasteiger charge is -2.24. The molecular weight excluding hydrogens is 266 g/mol. The smallest absolute Gasteiger partial charge is 0.255 e. The van der Waals surface area contributed by atoms with Crippen LogP contribution in [0.15, 0.2) is 18.2 Å². The number of carbonyl (C=O) groups excluding carboxylic acids is 1. The number of rotatable bonds is 6. The molecule has 0 saturated carbocycles. The third kappa shape index (κ3) is 5.09. The van der Waals surface area contributed by atoms with Gasteiger partial charge in [0.1, 0.15) is 5.75 Å². The quantitative estimate of drug-likeness (QED) is 0.752. The summed E-state index contributed by atoms with van der Waals surface area (Å²) in [5.74, 6) is -0.454. The largest absolute Gasteiger partial charge is 0.507 e. The summed E-state index contributed by atoms with van der Waals surface area (Å²) in [6.07, 6.45) is 1.52. The summed E-state index contributed by atoms with van der Waals surface area (Å²) in [6.45, 7) is 4.67. The minimum Gasteiger partial charge on any atom is -0.507 e. The van der Waals surface area contributed by atoms with Gasteiger partial charge >= 0.3 is 0 Å². The van der Waals surface area contributed by atoms with Gasteiger partial charge in [-0.05, 0) is 36.5 Å². The molecule has 1 rings (SSSR count). The maximum atomic E-state index is 11.9. The number of hydrogen-bond acceptors (Lipinski definition) is 3. The van der Waals surface area contributed by atoms with Gasteiger partial charge in [0.25, 0.3) is 5.91 Å². The van der Waals surface area contributed by atoms with Gasteiger partial charge in [-0.15, -0.1) is 0 Å². The molecule has 0 heterocycles. The van der Waals surface area contributed by atoms with E-state index in [9.17, 15) is 9.90 Å². The van der Waals surface area contributed by atoms with Crippen LogP contribution in [0.2, 0.25) is 5.02 Å². The Balaban J connectivity index is 2.60. The van der Waals surface area contributed by atoms with Gasteiger partial charge in [0.2, 0.25) is 0 Å². The molecule has 0 aliphatic heterocycles. The van der Waals surface area contributed by atoms with E-state index in [0.717, 1.165) is 6.42 Å². The summed E-state index contributed by atoms with van der Waals surface area (Å²) in [7, 11) is 0. The number of benzene rings is 1. The van der Waals surface area contributed by atoms with E-state index in [4.69, 9.17) is 16.7 Å². The van der Waals surface area contributed by atoms with E-state index in [1.165, 1.54) is 12.1 Å². The van der Waals surface area contributed by atoms with Crippen molar-refractivity contribution in [1.29, 1.82) is 0 Å². The maximum absolute atomic E-state index is 11.9. The lowest BCUT2D eigenvalue weighted by atomic mass is 9.88. The van der Waals surface area contributed by atoms with E-state index in [1.54, 1.807) is 6.07 Å². The van der Waals surface area contributed by atoms with Crippen molar-refractivity contribution in [1.82, 2.24) is 5.32 Å². The summed E-state index contributed by atoms with van der Waals surface area (Å²) in [5.41, 5.74) is 0.114. The van der Waals surface area contributed by atoms with E-state index in [-0.39, 0.29) is 29.2 Å². The molecule has 0 unspecified atom stereocenters. The van der Waals surface area contributed by atoms with Gasteiger partial charge in [-0.25, -0.2) is 0 Å². The Labute approximate surface area is 118 Å². The maximum Gasteiger partial charge on any atom is 0.255 e. The lowest BCUT2D eigenvalue weighted by molar-refractivity contribution is 0.0930. The Hall–Kier alpha value is -1.26. The highest BCUT2D eigenvalue weighted by atomic mass is 35.5. The second-order valence-corrected chi connectivity index (χ2v) is 5.77. The minimum absolute atomic E-state index is 0.0968. The fourth-order valence-corrected chi connectivity index (χ4v) is 1.92. The first-order valence-electron chi connectivity index (χ1n) is 6.23. The predicted molar refractivity (Wildman–Crippen MR) is 75.6 cm³/mol. The second kappa shape index (κ2) is 6.78. The Morgan fingerprint density at radius 3 is 2.68 bits per heavy atom. The van der Waals surface area contributed by atoms with Crippen LogP contribution in [0.25, 0.3) is 0 Å². The van der Waals surface area contributed by atoms with Gasteiger partial charge in [0.15, 0.2) is 0 Å². The van der Waals surface area contributed by atoms with E-state index >= 15 is 0 Å². The summed E-state index contributed by atoms with van der Waals surface area (Å²) in [5, 5.41) is 21.6. The Kier molecular flexibility index (Phi) is 5.63. The monoisotopic (exact) mass is 285 g/mol. The summed E-state index contributed by atoms with van der Waals surface area (Å²) >= 11 is 5.71. The summed E-state index contributed by atoms with van der Waals surface area (Å²) in [6, 6.07) is 4.40. The lowest BCUT2D eigenvalue weighted by Crippen LogP contribution is -2.34. The van der Waals surface area contributed by atoms with Gasteiger partial charge in [-0.3, -0.25) is 4.79 Å². The van der Waals surface area contributed by atoms with E-state index in [2.05, 4.69) is 5.32 Å². The molecule has 5 heteroatoms. The van der Waals surface area contributed by atoms with Crippen LogP contribution in [-0.4, -0.2) is 29.3 Å². The molecule has 3 N–H and O–H groups in total. The van der Waals surface area contributed by atoms with Crippen molar-refractivity contribution < 1.29 is 15.0 Å². The SMILES string of the molecule is CC(C)(CCCO)CNC(=O)c1ccc(Cl)cc1O. The first-order valence-corrected chi connectivity index (χ1v) is 6.61. The zero-order valence-electron chi connectivity index (χ0n) is 11.2. The third-order valence-corrected chi connectivity index (χ3v) is 3.18. The van der Waals surface area contributed by atoms with Gasteiger partial charge in [-0.1, -0.05) is 25.4 Å². The molecule has 0 bridgehead atoms. The molecule has 1 aromatic rings. The first-order chi connectivity index (χ1) is 8.85. The fourth-order valence-electron chi connectivity index (χ4n) is 1.76. The van der Waals surface area contributed by atoms with Gasteiger partial charge < -0.3 is 15.5 Å². The molecular formula is C14H20ClNO3. The molecule has 1 amide bonds. The van der Waals surface area contributed by atoms with Crippen LogP contribution in [0.3, 0.4) is 0 Å². The zero-order valence-corrected chi connectivity index (χ0v) is 12.0. The highest BCUT2D eigenvalue weighted by Crippen LogP contribution is 2.23. The van der Waals surface area contributed by atoms with E-state index in [0.29, 0.717) is 18.0 Å². The molecule has 4 nitrogen and oxygen atoms in total. The first kappa shape index (κ1) is 15.8. The number of halogens is 1. The zero-order chi connectivity index (χ0) is 14.5. The number of amides is 1. The molecule has 0 radical (unpaired) electrons. The van der Waals surface area contributed by atoms with Crippen molar-refractivity contribution in [2.24, 2.45) is 5.41 Å². The number of aliphatic hydroxyl groups is 1. The average molecular weight is 286 g/mol. The molecule has 0 spiro atoms. The van der Waals surface area contributed by atoms with Crippen LogP contribution < -0.4 is 5.32 Å². The second-order valence-electron chi connectivity index (χ2n) is 5.34. The topological polar surface area (TPSA) is 69.6 Å². The Morgan fingerprint density at radius 2 is 2.11 bits per heavy atom. The number of carbonyl (C=O) groups is 1. The Bertz CT molecular complexity index is 446. The van der Waals surface area contributed by atoms with Crippen molar-refractivity contribution in [2.75, 3.05) is 13.2 Å². The fraction of sp³-hybridized carbons (Fsp3) is 0.500. The highest BCUT2D eigenvalue weighted by molar-refractivity contribution is 6.30. The standard InChI is InChI=1S/C14H20ClNO3/c1-14(2,6-3-7-17)9-16-13(19)11-5-4-10(15)8-12(11)18/h4-5,8,17-18H,3,6-7,9H2,1-2H3,(H,16,19). The van der Waals surface area contributed by atoms with Crippen molar-refractivity contribution >= 4 is 17.5 Å². The van der Waals surface area contributed by atoms with Crippen LogP contribution in [0, 0.1) is 5.41 Å². The Morgan fingerprint density at radius 1 is 1.42 bits per heavy atom. The van der Waals surface area contributed by atoms with Gasteiger partial charge in [0, 0.05) is 18.2 Å². The number of aromatic hydroxyl groups is 1. The van der Waals surface area contributed by atoms with Crippen molar-refractivity contribution in [3.63, 3.8) is 0 Å². The van der Waals surface area contributed by atoms with Gasteiger partial charge in [-0.2, -0.15) is 0 Å². The number of nitrogens with one attached hydrogen (secondary N) is 1. The molecule has 106 valence electrons.